The molecule has 3 N–H and O–H groups in total. The quantitative estimate of drug-likeness (QED) is 0.444. The summed E-state index contributed by atoms with van der Waals surface area (Å²) in [5.74, 6) is -0.129. The zero-order valence-corrected chi connectivity index (χ0v) is 18.9. The molecule has 0 bridgehead atoms. The van der Waals surface area contributed by atoms with Crippen LogP contribution in [0.2, 0.25) is 10.0 Å². The molecule has 0 aliphatic carbocycles. The molecule has 4 aromatic rings. The Morgan fingerprint density at radius 1 is 1.09 bits per heavy atom. The maximum atomic E-state index is 11.4. The molecule has 0 amide bonds. The number of imidazole rings is 1. The zero-order chi connectivity index (χ0) is 23.1. The second-order valence-electron chi connectivity index (χ2n) is 7.92. The number of carboxylic acids is 1. The Morgan fingerprint density at radius 3 is 2.55 bits per heavy atom. The number of rotatable bonds is 4. The zero-order valence-electron chi connectivity index (χ0n) is 17.4. The van der Waals surface area contributed by atoms with Gasteiger partial charge in [-0.05, 0) is 49.2 Å². The first-order chi connectivity index (χ1) is 15.9. The van der Waals surface area contributed by atoms with Crippen LogP contribution in [0, 0.1) is 5.92 Å². The maximum Gasteiger partial charge on any atom is 0.306 e. The van der Waals surface area contributed by atoms with Crippen molar-refractivity contribution in [3.63, 3.8) is 0 Å². The molecule has 10 heteroatoms. The van der Waals surface area contributed by atoms with E-state index < -0.39 is 18.1 Å². The summed E-state index contributed by atoms with van der Waals surface area (Å²) in [5, 5.41) is 10.6. The lowest BCUT2D eigenvalue weighted by molar-refractivity contribution is -0.142. The van der Waals surface area contributed by atoms with E-state index in [9.17, 15) is 9.90 Å². The van der Waals surface area contributed by atoms with Crippen LogP contribution < -0.4 is 10.6 Å². The van der Waals surface area contributed by atoms with Crippen molar-refractivity contribution in [3.8, 4) is 17.1 Å². The number of halogens is 2. The molecule has 2 atom stereocenters. The molecule has 1 aliphatic rings. The second-order valence-corrected chi connectivity index (χ2v) is 8.76. The van der Waals surface area contributed by atoms with Gasteiger partial charge in [0.15, 0.2) is 17.0 Å². The first-order valence-corrected chi connectivity index (χ1v) is 11.2. The van der Waals surface area contributed by atoms with Gasteiger partial charge in [-0.3, -0.25) is 9.36 Å². The number of aliphatic carboxylic acids is 1. The fourth-order valence-electron chi connectivity index (χ4n) is 4.23. The summed E-state index contributed by atoms with van der Waals surface area (Å²) < 4.78 is 1.91. The van der Waals surface area contributed by atoms with Crippen molar-refractivity contribution < 1.29 is 9.90 Å². The molecule has 2 aromatic carbocycles. The molecular weight excluding hydrogens is 463 g/mol. The van der Waals surface area contributed by atoms with Crippen molar-refractivity contribution in [3.05, 3.63) is 64.9 Å². The Hall–Kier alpha value is -3.20. The monoisotopic (exact) mass is 482 g/mol. The van der Waals surface area contributed by atoms with Crippen LogP contribution in [0.1, 0.15) is 12.8 Å². The maximum absolute atomic E-state index is 11.4. The van der Waals surface area contributed by atoms with Crippen molar-refractivity contribution in [2.24, 2.45) is 11.7 Å². The SMILES string of the molecule is NC1CC(C(=O)O)CCN1c1ncnc2c1nc(-c1ccccc1Cl)n2-c1ccc(Cl)cc1. The van der Waals surface area contributed by atoms with E-state index in [1.165, 1.54) is 6.33 Å². The van der Waals surface area contributed by atoms with Crippen molar-refractivity contribution in [1.82, 2.24) is 19.5 Å². The number of piperidine rings is 1. The molecule has 168 valence electrons. The van der Waals surface area contributed by atoms with Crippen molar-refractivity contribution in [2.75, 3.05) is 11.4 Å². The number of fused-ring (bicyclic) bond motifs is 1. The highest BCUT2D eigenvalue weighted by molar-refractivity contribution is 6.33. The van der Waals surface area contributed by atoms with Crippen LogP contribution in [0.4, 0.5) is 5.82 Å². The third-order valence-electron chi connectivity index (χ3n) is 5.89. The van der Waals surface area contributed by atoms with E-state index in [1.807, 2.05) is 45.9 Å². The Kier molecular flexibility index (Phi) is 5.65. The Balaban J connectivity index is 1.70. The molecule has 1 fully saturated rings. The van der Waals surface area contributed by atoms with Gasteiger partial charge in [0.1, 0.15) is 12.2 Å². The predicted octanol–water partition coefficient (Wildman–Crippen LogP) is 4.38. The topological polar surface area (TPSA) is 110 Å². The largest absolute Gasteiger partial charge is 0.481 e. The van der Waals surface area contributed by atoms with Crippen molar-refractivity contribution in [1.29, 1.82) is 0 Å². The van der Waals surface area contributed by atoms with Gasteiger partial charge < -0.3 is 15.7 Å². The molecule has 1 aliphatic heterocycles. The molecule has 1 saturated heterocycles. The minimum absolute atomic E-state index is 0.329. The number of carbonyl (C=O) groups is 1. The van der Waals surface area contributed by atoms with E-state index in [2.05, 4.69) is 9.97 Å². The number of aromatic nitrogens is 4. The van der Waals surface area contributed by atoms with E-state index in [0.717, 1.165) is 11.3 Å². The van der Waals surface area contributed by atoms with Crippen LogP contribution >= 0.6 is 23.2 Å². The Bertz CT molecular complexity index is 1340. The fraction of sp³-hybridized carbons (Fsp3) is 0.217. The average molecular weight is 483 g/mol. The van der Waals surface area contributed by atoms with E-state index in [0.29, 0.717) is 52.2 Å². The molecule has 0 radical (unpaired) electrons. The summed E-state index contributed by atoms with van der Waals surface area (Å²) in [6.07, 6.45) is 1.78. The summed E-state index contributed by atoms with van der Waals surface area (Å²) in [6.45, 7) is 0.458. The third kappa shape index (κ3) is 3.90. The Labute approximate surface area is 199 Å². The summed E-state index contributed by atoms with van der Waals surface area (Å²) in [6, 6.07) is 14.8. The smallest absolute Gasteiger partial charge is 0.306 e. The summed E-state index contributed by atoms with van der Waals surface area (Å²) >= 11 is 12.6. The number of nitrogens with two attached hydrogens (primary N) is 1. The Morgan fingerprint density at radius 2 is 1.85 bits per heavy atom. The van der Waals surface area contributed by atoms with E-state index in [1.54, 1.807) is 12.1 Å². The molecule has 2 aromatic heterocycles. The van der Waals surface area contributed by atoms with E-state index in [-0.39, 0.29) is 0 Å². The fourth-order valence-corrected chi connectivity index (χ4v) is 4.58. The van der Waals surface area contributed by atoms with Crippen LogP contribution in [0.5, 0.6) is 0 Å². The molecule has 2 unspecified atom stereocenters. The number of hydrogen-bond acceptors (Lipinski definition) is 6. The number of hydrogen-bond donors (Lipinski definition) is 2. The second kappa shape index (κ2) is 8.62. The highest BCUT2D eigenvalue weighted by Crippen LogP contribution is 2.36. The van der Waals surface area contributed by atoms with Gasteiger partial charge in [0, 0.05) is 22.8 Å². The normalized spacial score (nSPS) is 18.6. The van der Waals surface area contributed by atoms with Gasteiger partial charge in [0.2, 0.25) is 0 Å². The van der Waals surface area contributed by atoms with Crippen LogP contribution in [0.15, 0.2) is 54.9 Å². The van der Waals surface area contributed by atoms with Crippen LogP contribution in [-0.2, 0) is 4.79 Å². The minimum Gasteiger partial charge on any atom is -0.481 e. The molecular formula is C23H20Cl2N6O2. The first-order valence-electron chi connectivity index (χ1n) is 10.4. The lowest BCUT2D eigenvalue weighted by Gasteiger charge is -2.36. The van der Waals surface area contributed by atoms with Crippen LogP contribution in [-0.4, -0.2) is 43.3 Å². The first kappa shape index (κ1) is 21.6. The molecule has 0 saturated carbocycles. The highest BCUT2D eigenvalue weighted by atomic mass is 35.5. The molecule has 0 spiro atoms. The number of benzene rings is 2. The average Bonchev–Trinajstić information content (AvgIpc) is 3.19. The number of anilines is 1. The highest BCUT2D eigenvalue weighted by Gasteiger charge is 2.33. The van der Waals surface area contributed by atoms with Crippen molar-refractivity contribution >= 4 is 46.2 Å². The van der Waals surface area contributed by atoms with E-state index >= 15 is 0 Å². The lowest BCUT2D eigenvalue weighted by Crippen LogP contribution is -2.50. The third-order valence-corrected chi connectivity index (χ3v) is 6.47. The minimum atomic E-state index is -0.828. The number of nitrogens with zero attached hydrogens (tertiary/aromatic N) is 5. The van der Waals surface area contributed by atoms with Gasteiger partial charge in [-0.15, -0.1) is 0 Å². The number of carboxylic acid groups (broad SMARTS) is 1. The van der Waals surface area contributed by atoms with Crippen LogP contribution in [0.3, 0.4) is 0 Å². The van der Waals surface area contributed by atoms with Crippen LogP contribution in [0.25, 0.3) is 28.2 Å². The van der Waals surface area contributed by atoms with Gasteiger partial charge in [-0.25, -0.2) is 15.0 Å². The molecule has 33 heavy (non-hydrogen) atoms. The predicted molar refractivity (Wildman–Crippen MR) is 128 cm³/mol. The summed E-state index contributed by atoms with van der Waals surface area (Å²) in [5.41, 5.74) is 9.08. The summed E-state index contributed by atoms with van der Waals surface area (Å²) in [4.78, 5) is 27.3. The van der Waals surface area contributed by atoms with Gasteiger partial charge in [0.25, 0.3) is 0 Å². The van der Waals surface area contributed by atoms with Gasteiger partial charge in [-0.2, -0.15) is 0 Å². The van der Waals surface area contributed by atoms with Crippen molar-refractivity contribution in [2.45, 2.75) is 19.0 Å². The van der Waals surface area contributed by atoms with Gasteiger partial charge >= 0.3 is 5.97 Å². The molecule has 5 rings (SSSR count). The standard InChI is InChI=1S/C23H20Cl2N6O2/c24-14-5-7-15(8-6-14)31-20(16-3-1-2-4-17(16)25)29-19-21(27-12-28-22(19)31)30-10-9-13(23(32)33)11-18(30)26/h1-8,12-13,18H,9-11,26H2,(H,32,33). The molecule has 8 nitrogen and oxygen atoms in total. The molecule has 3 heterocycles. The van der Waals surface area contributed by atoms with E-state index in [4.69, 9.17) is 33.9 Å². The van der Waals surface area contributed by atoms with Gasteiger partial charge in [-0.1, -0.05) is 35.3 Å². The lowest BCUT2D eigenvalue weighted by atomic mass is 9.95. The van der Waals surface area contributed by atoms with Gasteiger partial charge in [0.05, 0.1) is 17.1 Å². The summed E-state index contributed by atoms with van der Waals surface area (Å²) in [7, 11) is 0.